The summed E-state index contributed by atoms with van der Waals surface area (Å²) in [7, 11) is 0. The van der Waals surface area contributed by atoms with Crippen molar-refractivity contribution in [2.45, 2.75) is 31.7 Å². The fourth-order valence-corrected chi connectivity index (χ4v) is 3.15. The van der Waals surface area contributed by atoms with E-state index in [0.717, 1.165) is 16.7 Å². The van der Waals surface area contributed by atoms with Crippen molar-refractivity contribution < 1.29 is 24.2 Å². The lowest BCUT2D eigenvalue weighted by Gasteiger charge is -2.33. The zero-order chi connectivity index (χ0) is 13.2. The molecule has 1 amide bonds. The van der Waals surface area contributed by atoms with Crippen molar-refractivity contribution in [3.8, 4) is 0 Å². The lowest BCUT2D eigenvalue weighted by molar-refractivity contribution is -0.160. The van der Waals surface area contributed by atoms with Crippen LogP contribution in [0.1, 0.15) is 20.8 Å². The minimum atomic E-state index is -1.25. The number of amides is 1. The molecule has 0 aliphatic carbocycles. The van der Waals surface area contributed by atoms with Crippen LogP contribution in [-0.2, 0) is 19.1 Å². The van der Waals surface area contributed by atoms with Crippen LogP contribution < -0.4 is 0 Å². The van der Waals surface area contributed by atoms with Gasteiger partial charge < -0.3 is 14.7 Å². The van der Waals surface area contributed by atoms with Crippen molar-refractivity contribution in [3.05, 3.63) is 0 Å². The molecule has 0 spiro atoms. The normalized spacial score (nSPS) is 27.9. The summed E-state index contributed by atoms with van der Waals surface area (Å²) in [6.07, 6.45) is 0. The van der Waals surface area contributed by atoms with Gasteiger partial charge in [0.2, 0.25) is 5.91 Å². The molecule has 1 saturated heterocycles. The molecule has 1 aliphatic heterocycles. The Kier molecular flexibility index (Phi) is 4.03. The van der Waals surface area contributed by atoms with E-state index in [9.17, 15) is 14.4 Å². The van der Waals surface area contributed by atoms with E-state index in [1.54, 1.807) is 6.92 Å². The summed E-state index contributed by atoms with van der Waals surface area (Å²) in [5.41, 5.74) is 0. The van der Waals surface area contributed by atoms with Gasteiger partial charge in [-0.25, -0.2) is 9.59 Å². The number of carboxylic acid groups (broad SMARTS) is 1. The molecule has 0 aromatic carbocycles. The van der Waals surface area contributed by atoms with E-state index >= 15 is 0 Å². The molecule has 6 nitrogen and oxygen atoms in total. The van der Waals surface area contributed by atoms with E-state index < -0.39 is 28.8 Å². The van der Waals surface area contributed by atoms with E-state index in [1.807, 2.05) is 0 Å². The van der Waals surface area contributed by atoms with Crippen LogP contribution in [0.3, 0.4) is 0 Å². The lowest BCUT2D eigenvalue weighted by atomic mass is 10.2. The van der Waals surface area contributed by atoms with Gasteiger partial charge in [-0.2, -0.15) is 0 Å². The van der Waals surface area contributed by atoms with Crippen LogP contribution in [0.25, 0.3) is 0 Å². The molecule has 0 aromatic rings. The highest BCUT2D eigenvalue weighted by Crippen LogP contribution is 2.40. The summed E-state index contributed by atoms with van der Waals surface area (Å²) in [6, 6.07) is -0.980. The topological polar surface area (TPSA) is 83.9 Å². The van der Waals surface area contributed by atoms with Gasteiger partial charge in [0.1, 0.15) is 6.04 Å². The molecular formula is C10H15NO5S. The second kappa shape index (κ2) is 4.95. The number of ether oxygens (including phenoxy) is 1. The first-order valence-corrected chi connectivity index (χ1v) is 6.17. The average Bonchev–Trinajstić information content (AvgIpc) is 2.58. The Morgan fingerprint density at radius 3 is 2.53 bits per heavy atom. The second-order valence-electron chi connectivity index (χ2n) is 3.76. The summed E-state index contributed by atoms with van der Waals surface area (Å²) >= 11 is 1.12. The van der Waals surface area contributed by atoms with Crippen LogP contribution in [0.2, 0.25) is 0 Å². The number of aliphatic carboxylic acids is 1. The summed E-state index contributed by atoms with van der Waals surface area (Å²) in [6.45, 7) is 4.62. The molecule has 1 aliphatic rings. The molecular weight excluding hydrogens is 246 g/mol. The Bertz CT molecular complexity index is 359. The zero-order valence-corrected chi connectivity index (χ0v) is 10.7. The van der Waals surface area contributed by atoms with Crippen molar-refractivity contribution in [2.24, 2.45) is 0 Å². The maximum atomic E-state index is 11.8. The summed E-state index contributed by atoms with van der Waals surface area (Å²) in [5, 5.41) is 9.02. The molecule has 7 heteroatoms. The molecule has 0 saturated carbocycles. The minimum absolute atomic E-state index is 0.185. The molecule has 1 heterocycles. The molecule has 0 unspecified atom stereocenters. The largest absolute Gasteiger partial charge is 0.480 e. The average molecular weight is 261 g/mol. The summed E-state index contributed by atoms with van der Waals surface area (Å²) in [4.78, 5) is 34.2. The third-order valence-electron chi connectivity index (χ3n) is 2.57. The number of carbonyl (C=O) groups excluding carboxylic acids is 2. The first-order chi connectivity index (χ1) is 7.84. The number of hydrogen-bond donors (Lipinski definition) is 1. The van der Waals surface area contributed by atoms with Gasteiger partial charge >= 0.3 is 11.9 Å². The van der Waals surface area contributed by atoms with Crippen molar-refractivity contribution in [1.82, 2.24) is 4.90 Å². The van der Waals surface area contributed by atoms with Gasteiger partial charge in [-0.15, -0.1) is 11.8 Å². The molecule has 0 bridgehead atoms. The van der Waals surface area contributed by atoms with E-state index in [-0.39, 0.29) is 12.4 Å². The van der Waals surface area contributed by atoms with E-state index in [1.165, 1.54) is 13.8 Å². The number of carbonyl (C=O) groups is 3. The lowest BCUT2D eigenvalue weighted by Crippen LogP contribution is -2.54. The Hall–Kier alpha value is -1.24. The smallest absolute Gasteiger partial charge is 0.342 e. The predicted octanol–water partition coefficient (Wildman–Crippen LogP) is 0.314. The second-order valence-corrected chi connectivity index (χ2v) is 5.17. The number of rotatable bonds is 3. The van der Waals surface area contributed by atoms with E-state index in [0.29, 0.717) is 0 Å². The maximum absolute atomic E-state index is 11.8. The Balaban J connectivity index is 3.04. The van der Waals surface area contributed by atoms with E-state index in [2.05, 4.69) is 0 Å². The standard InChI is InChI=1S/C10H15NO5S/c1-4-16-9(15)10(3)11(6(2)12)7(5-17-10)8(13)14/h7H,4-5H2,1-3H3,(H,13,14)/t7-,10+/m0/s1. The summed E-state index contributed by atoms with van der Waals surface area (Å²) < 4.78 is 4.89. The number of hydrogen-bond acceptors (Lipinski definition) is 5. The zero-order valence-electron chi connectivity index (χ0n) is 9.93. The van der Waals surface area contributed by atoms with Gasteiger partial charge in [0.15, 0.2) is 4.87 Å². The van der Waals surface area contributed by atoms with Crippen molar-refractivity contribution in [2.75, 3.05) is 12.4 Å². The van der Waals surface area contributed by atoms with Crippen molar-refractivity contribution in [1.29, 1.82) is 0 Å². The van der Waals surface area contributed by atoms with Gasteiger partial charge in [0.25, 0.3) is 0 Å². The first-order valence-electron chi connectivity index (χ1n) is 5.18. The van der Waals surface area contributed by atoms with Gasteiger partial charge in [-0.05, 0) is 13.8 Å². The Labute approximate surface area is 103 Å². The van der Waals surface area contributed by atoms with Crippen LogP contribution in [0.4, 0.5) is 0 Å². The van der Waals surface area contributed by atoms with Gasteiger partial charge in [0.05, 0.1) is 6.61 Å². The molecule has 2 atom stereocenters. The molecule has 1 rings (SSSR count). The fraction of sp³-hybridized carbons (Fsp3) is 0.700. The Morgan fingerprint density at radius 2 is 2.12 bits per heavy atom. The number of esters is 1. The highest BCUT2D eigenvalue weighted by molar-refractivity contribution is 8.01. The van der Waals surface area contributed by atoms with Crippen molar-refractivity contribution in [3.63, 3.8) is 0 Å². The van der Waals surface area contributed by atoms with Crippen LogP contribution >= 0.6 is 11.8 Å². The van der Waals surface area contributed by atoms with Gasteiger partial charge in [-0.3, -0.25) is 4.79 Å². The Morgan fingerprint density at radius 1 is 1.53 bits per heavy atom. The van der Waals surface area contributed by atoms with Crippen LogP contribution in [0.5, 0.6) is 0 Å². The maximum Gasteiger partial charge on any atom is 0.342 e. The minimum Gasteiger partial charge on any atom is -0.480 e. The number of thioether (sulfide) groups is 1. The predicted molar refractivity (Wildman–Crippen MR) is 61.4 cm³/mol. The third-order valence-corrected chi connectivity index (χ3v) is 3.98. The molecule has 1 fully saturated rings. The molecule has 0 radical (unpaired) electrons. The van der Waals surface area contributed by atoms with Crippen LogP contribution in [0.15, 0.2) is 0 Å². The van der Waals surface area contributed by atoms with Gasteiger partial charge in [-0.1, -0.05) is 0 Å². The highest BCUT2D eigenvalue weighted by Gasteiger charge is 2.54. The molecule has 96 valence electrons. The van der Waals surface area contributed by atoms with E-state index in [4.69, 9.17) is 9.84 Å². The van der Waals surface area contributed by atoms with Crippen molar-refractivity contribution >= 4 is 29.6 Å². The molecule has 17 heavy (non-hydrogen) atoms. The highest BCUT2D eigenvalue weighted by atomic mass is 32.2. The summed E-state index contributed by atoms with van der Waals surface area (Å²) in [5.74, 6) is -1.95. The fourth-order valence-electron chi connectivity index (χ4n) is 1.81. The number of carboxylic acids is 1. The molecule has 0 aromatic heterocycles. The quantitative estimate of drug-likeness (QED) is 0.736. The van der Waals surface area contributed by atoms with Crippen LogP contribution in [-0.4, -0.2) is 51.1 Å². The van der Waals surface area contributed by atoms with Crippen LogP contribution in [0, 0.1) is 0 Å². The monoisotopic (exact) mass is 261 g/mol. The number of nitrogens with zero attached hydrogens (tertiary/aromatic N) is 1. The molecule has 1 N–H and O–H groups in total. The third kappa shape index (κ3) is 2.38. The SMILES string of the molecule is CCOC(=O)[C@@]1(C)SC[C@@H](C(=O)O)N1C(C)=O. The first kappa shape index (κ1) is 13.8. The van der Waals surface area contributed by atoms with Gasteiger partial charge in [0, 0.05) is 12.7 Å².